The van der Waals surface area contributed by atoms with Crippen molar-refractivity contribution in [1.29, 1.82) is 0 Å². The fourth-order valence-corrected chi connectivity index (χ4v) is 1.39. The third-order valence-electron chi connectivity index (χ3n) is 2.46. The molecule has 0 unspecified atom stereocenters. The normalized spacial score (nSPS) is 11.4. The Morgan fingerprint density at radius 2 is 2.06 bits per heavy atom. The van der Waals surface area contributed by atoms with E-state index in [1.54, 1.807) is 21.0 Å². The number of hydrogen-bond acceptors (Lipinski definition) is 4. The topological polar surface area (TPSA) is 64.7 Å². The molecule has 0 aliphatic heterocycles. The second-order valence-electron chi connectivity index (χ2n) is 4.59. The Morgan fingerprint density at radius 1 is 1.35 bits per heavy atom. The maximum absolute atomic E-state index is 9.58. The molecule has 0 spiro atoms. The minimum Gasteiger partial charge on any atom is -0.497 e. The first-order valence-electron chi connectivity index (χ1n) is 5.68. The molecule has 0 radical (unpaired) electrons. The molecule has 0 atom stereocenters. The molecule has 1 rings (SSSR count). The van der Waals surface area contributed by atoms with E-state index in [9.17, 15) is 5.11 Å². The molecule has 0 bridgehead atoms. The Kier molecular flexibility index (Phi) is 4.78. The van der Waals surface area contributed by atoms with Crippen LogP contribution in [0.1, 0.15) is 25.8 Å². The van der Waals surface area contributed by atoms with E-state index in [4.69, 9.17) is 15.2 Å². The number of aliphatic hydroxyl groups is 1. The minimum atomic E-state index is -0.713. The molecule has 96 valence electrons. The van der Waals surface area contributed by atoms with Crippen LogP contribution in [0.3, 0.4) is 0 Å². The van der Waals surface area contributed by atoms with Gasteiger partial charge < -0.3 is 20.3 Å². The smallest absolute Gasteiger partial charge is 0.124 e. The second kappa shape index (κ2) is 5.89. The average Bonchev–Trinajstić information content (AvgIpc) is 2.27. The second-order valence-corrected chi connectivity index (χ2v) is 4.59. The van der Waals surface area contributed by atoms with Gasteiger partial charge in [0, 0.05) is 18.5 Å². The zero-order valence-electron chi connectivity index (χ0n) is 10.7. The molecule has 4 nitrogen and oxygen atoms in total. The van der Waals surface area contributed by atoms with Crippen LogP contribution in [0.4, 0.5) is 0 Å². The van der Waals surface area contributed by atoms with E-state index in [2.05, 4.69) is 0 Å². The third kappa shape index (κ3) is 4.63. The van der Waals surface area contributed by atoms with Gasteiger partial charge in [-0.2, -0.15) is 0 Å². The Labute approximate surface area is 102 Å². The lowest BCUT2D eigenvalue weighted by Crippen LogP contribution is -2.22. The van der Waals surface area contributed by atoms with Gasteiger partial charge >= 0.3 is 0 Å². The Morgan fingerprint density at radius 3 is 2.59 bits per heavy atom. The fourth-order valence-electron chi connectivity index (χ4n) is 1.39. The van der Waals surface area contributed by atoms with E-state index in [1.807, 2.05) is 18.2 Å². The molecule has 0 saturated heterocycles. The zero-order valence-corrected chi connectivity index (χ0v) is 10.7. The molecule has 0 aliphatic carbocycles. The van der Waals surface area contributed by atoms with Crippen LogP contribution in [0.15, 0.2) is 18.2 Å². The van der Waals surface area contributed by atoms with Crippen molar-refractivity contribution in [3.05, 3.63) is 23.8 Å². The van der Waals surface area contributed by atoms with E-state index < -0.39 is 5.60 Å². The quantitative estimate of drug-likeness (QED) is 0.793. The summed E-state index contributed by atoms with van der Waals surface area (Å²) in [6.45, 7) is 4.38. The number of rotatable bonds is 6. The first kappa shape index (κ1) is 13.8. The van der Waals surface area contributed by atoms with Crippen molar-refractivity contribution in [3.63, 3.8) is 0 Å². The predicted octanol–water partition coefficient (Wildman–Crippen LogP) is 1.69. The van der Waals surface area contributed by atoms with Crippen molar-refractivity contribution in [2.45, 2.75) is 32.4 Å². The van der Waals surface area contributed by atoms with E-state index in [1.165, 1.54) is 0 Å². The summed E-state index contributed by atoms with van der Waals surface area (Å²) in [5.41, 5.74) is 5.84. The van der Waals surface area contributed by atoms with Gasteiger partial charge in [-0.3, -0.25) is 0 Å². The first-order valence-corrected chi connectivity index (χ1v) is 5.68. The van der Waals surface area contributed by atoms with Crippen molar-refractivity contribution in [2.75, 3.05) is 13.7 Å². The lowest BCUT2D eigenvalue weighted by atomic mass is 10.1. The van der Waals surface area contributed by atoms with Crippen LogP contribution < -0.4 is 15.2 Å². The van der Waals surface area contributed by atoms with Gasteiger partial charge in [0.05, 0.1) is 19.3 Å². The van der Waals surface area contributed by atoms with Crippen molar-refractivity contribution in [3.8, 4) is 11.5 Å². The first-order chi connectivity index (χ1) is 7.96. The van der Waals surface area contributed by atoms with Gasteiger partial charge in [0.25, 0.3) is 0 Å². The highest BCUT2D eigenvalue weighted by Crippen LogP contribution is 2.24. The molecule has 4 heteroatoms. The Bertz CT molecular complexity index is 358. The maximum Gasteiger partial charge on any atom is 0.124 e. The van der Waals surface area contributed by atoms with Crippen molar-refractivity contribution in [1.82, 2.24) is 0 Å². The molecule has 0 aliphatic rings. The summed E-state index contributed by atoms with van der Waals surface area (Å²) in [6.07, 6.45) is 0.572. The van der Waals surface area contributed by atoms with Crippen LogP contribution in [0.2, 0.25) is 0 Å². The molecular weight excluding hydrogens is 218 g/mol. The number of ether oxygens (including phenoxy) is 2. The molecular formula is C13H21NO3. The molecule has 0 heterocycles. The van der Waals surface area contributed by atoms with Crippen LogP contribution >= 0.6 is 0 Å². The summed E-state index contributed by atoms with van der Waals surface area (Å²) >= 11 is 0. The van der Waals surface area contributed by atoms with Crippen LogP contribution in [-0.2, 0) is 6.54 Å². The third-order valence-corrected chi connectivity index (χ3v) is 2.46. The van der Waals surface area contributed by atoms with Crippen molar-refractivity contribution < 1.29 is 14.6 Å². The highest BCUT2D eigenvalue weighted by Gasteiger charge is 2.13. The number of hydrogen-bond donors (Lipinski definition) is 2. The fraction of sp³-hybridized carbons (Fsp3) is 0.538. The van der Waals surface area contributed by atoms with Crippen LogP contribution in [0.5, 0.6) is 11.5 Å². The van der Waals surface area contributed by atoms with Gasteiger partial charge in [-0.25, -0.2) is 0 Å². The van der Waals surface area contributed by atoms with Gasteiger partial charge in [-0.1, -0.05) is 0 Å². The molecule has 1 aromatic rings. The van der Waals surface area contributed by atoms with Crippen molar-refractivity contribution in [2.24, 2.45) is 5.73 Å². The molecule has 0 saturated carbocycles. The molecule has 3 N–H and O–H groups in total. The summed E-state index contributed by atoms with van der Waals surface area (Å²) < 4.78 is 10.7. The largest absolute Gasteiger partial charge is 0.497 e. The summed E-state index contributed by atoms with van der Waals surface area (Å²) in [5, 5.41) is 9.58. The lowest BCUT2D eigenvalue weighted by molar-refractivity contribution is 0.0552. The van der Waals surface area contributed by atoms with E-state index in [0.29, 0.717) is 19.6 Å². The van der Waals surface area contributed by atoms with E-state index >= 15 is 0 Å². The standard InChI is InChI=1S/C13H21NO3/c1-13(2,15)6-7-17-12-5-4-11(16-3)8-10(12)9-14/h4-5,8,15H,6-7,9,14H2,1-3H3. The van der Waals surface area contributed by atoms with Crippen molar-refractivity contribution >= 4 is 0 Å². The van der Waals surface area contributed by atoms with Crippen LogP contribution in [0, 0.1) is 0 Å². The summed E-state index contributed by atoms with van der Waals surface area (Å²) in [5.74, 6) is 1.51. The summed E-state index contributed by atoms with van der Waals surface area (Å²) in [6, 6.07) is 5.53. The molecule has 0 aromatic heterocycles. The minimum absolute atomic E-state index is 0.398. The highest BCUT2D eigenvalue weighted by molar-refractivity contribution is 5.40. The van der Waals surface area contributed by atoms with Crippen LogP contribution in [-0.4, -0.2) is 24.4 Å². The monoisotopic (exact) mass is 239 g/mol. The summed E-state index contributed by atoms with van der Waals surface area (Å²) in [4.78, 5) is 0. The SMILES string of the molecule is COc1ccc(OCCC(C)(C)O)c(CN)c1. The van der Waals surface area contributed by atoms with Crippen LogP contribution in [0.25, 0.3) is 0 Å². The Hall–Kier alpha value is -1.26. The molecule has 17 heavy (non-hydrogen) atoms. The molecule has 0 fully saturated rings. The number of benzene rings is 1. The summed E-state index contributed by atoms with van der Waals surface area (Å²) in [7, 11) is 1.62. The number of methoxy groups -OCH3 is 1. The zero-order chi connectivity index (χ0) is 12.9. The number of nitrogens with two attached hydrogens (primary N) is 1. The average molecular weight is 239 g/mol. The van der Waals surface area contributed by atoms with E-state index in [0.717, 1.165) is 17.1 Å². The van der Waals surface area contributed by atoms with Gasteiger partial charge in [0.15, 0.2) is 0 Å². The Balaban J connectivity index is 2.64. The highest BCUT2D eigenvalue weighted by atomic mass is 16.5. The maximum atomic E-state index is 9.58. The van der Waals surface area contributed by atoms with Gasteiger partial charge in [0.2, 0.25) is 0 Å². The van der Waals surface area contributed by atoms with Gasteiger partial charge in [-0.15, -0.1) is 0 Å². The predicted molar refractivity (Wildman–Crippen MR) is 67.3 cm³/mol. The lowest BCUT2D eigenvalue weighted by Gasteiger charge is -2.18. The molecule has 1 aromatic carbocycles. The van der Waals surface area contributed by atoms with E-state index in [-0.39, 0.29) is 0 Å². The van der Waals surface area contributed by atoms with Gasteiger partial charge in [-0.05, 0) is 32.0 Å². The molecule has 0 amide bonds. The van der Waals surface area contributed by atoms with Gasteiger partial charge in [0.1, 0.15) is 11.5 Å².